The van der Waals surface area contributed by atoms with Gasteiger partial charge >= 0.3 is 0 Å². The van der Waals surface area contributed by atoms with Crippen LogP contribution >= 0.6 is 0 Å². The second-order valence-electron chi connectivity index (χ2n) is 6.17. The Labute approximate surface area is 165 Å². The van der Waals surface area contributed by atoms with Crippen LogP contribution in [-0.4, -0.2) is 21.9 Å². The van der Waals surface area contributed by atoms with Crippen LogP contribution in [0.25, 0.3) is 0 Å². The van der Waals surface area contributed by atoms with Gasteiger partial charge in [0.2, 0.25) is 11.8 Å². The summed E-state index contributed by atoms with van der Waals surface area (Å²) in [4.78, 5) is 26.1. The highest BCUT2D eigenvalue weighted by Gasteiger charge is 2.15. The molecule has 1 heterocycles. The number of anilines is 1. The fourth-order valence-corrected chi connectivity index (χ4v) is 2.50. The van der Waals surface area contributed by atoms with E-state index in [1.807, 2.05) is 0 Å². The summed E-state index contributed by atoms with van der Waals surface area (Å²) < 4.78 is 18.7. The standard InChI is InChI=1S/C20H17FN4O4/c21-14-2-1-3-15(11-14)24-20(26)18(22)10-13-4-7-17(8-5-13)29-19-9-6-16(12-23-19)25(27)28/h1-9,11-12,18H,10,22H2,(H,24,26). The van der Waals surface area contributed by atoms with Gasteiger partial charge in [-0.25, -0.2) is 9.37 Å². The molecule has 2 aromatic carbocycles. The van der Waals surface area contributed by atoms with Crippen molar-refractivity contribution in [2.45, 2.75) is 12.5 Å². The third-order valence-electron chi connectivity index (χ3n) is 3.96. The van der Waals surface area contributed by atoms with E-state index in [4.69, 9.17) is 10.5 Å². The van der Waals surface area contributed by atoms with Crippen LogP contribution in [0.3, 0.4) is 0 Å². The molecule has 9 heteroatoms. The second-order valence-corrected chi connectivity index (χ2v) is 6.17. The number of nitro groups is 1. The molecule has 0 spiro atoms. The maximum Gasteiger partial charge on any atom is 0.287 e. The minimum atomic E-state index is -0.818. The van der Waals surface area contributed by atoms with Crippen LogP contribution in [0.2, 0.25) is 0 Å². The zero-order chi connectivity index (χ0) is 20.8. The molecule has 148 valence electrons. The summed E-state index contributed by atoms with van der Waals surface area (Å²) in [6.45, 7) is 0. The molecule has 1 atom stereocenters. The molecule has 0 aliphatic rings. The first-order valence-electron chi connectivity index (χ1n) is 8.60. The van der Waals surface area contributed by atoms with E-state index in [0.717, 1.165) is 11.8 Å². The van der Waals surface area contributed by atoms with E-state index in [1.54, 1.807) is 30.3 Å². The van der Waals surface area contributed by atoms with Gasteiger partial charge in [0.15, 0.2) is 0 Å². The molecule has 29 heavy (non-hydrogen) atoms. The van der Waals surface area contributed by atoms with Crippen LogP contribution in [-0.2, 0) is 11.2 Å². The number of carbonyl (C=O) groups excluding carboxylic acids is 1. The monoisotopic (exact) mass is 396 g/mol. The van der Waals surface area contributed by atoms with E-state index in [-0.39, 0.29) is 18.0 Å². The highest BCUT2D eigenvalue weighted by molar-refractivity contribution is 5.94. The van der Waals surface area contributed by atoms with Gasteiger partial charge in [-0.2, -0.15) is 0 Å². The number of ether oxygens (including phenoxy) is 1. The molecule has 1 aromatic heterocycles. The number of pyridine rings is 1. The number of carbonyl (C=O) groups is 1. The fraction of sp³-hybridized carbons (Fsp3) is 0.100. The Morgan fingerprint density at radius 2 is 1.97 bits per heavy atom. The molecule has 0 aliphatic heterocycles. The highest BCUT2D eigenvalue weighted by Crippen LogP contribution is 2.22. The number of halogens is 1. The molecule has 1 amide bonds. The van der Waals surface area contributed by atoms with Crippen molar-refractivity contribution in [3.8, 4) is 11.6 Å². The Morgan fingerprint density at radius 3 is 2.59 bits per heavy atom. The number of benzene rings is 2. The van der Waals surface area contributed by atoms with Crippen molar-refractivity contribution in [3.63, 3.8) is 0 Å². The largest absolute Gasteiger partial charge is 0.439 e. The smallest absolute Gasteiger partial charge is 0.287 e. The number of amides is 1. The first kappa shape index (κ1) is 19.9. The minimum Gasteiger partial charge on any atom is -0.439 e. The normalized spacial score (nSPS) is 11.5. The van der Waals surface area contributed by atoms with E-state index in [2.05, 4.69) is 10.3 Å². The summed E-state index contributed by atoms with van der Waals surface area (Å²) >= 11 is 0. The topological polar surface area (TPSA) is 120 Å². The molecule has 0 saturated heterocycles. The molecule has 0 radical (unpaired) electrons. The first-order valence-corrected chi connectivity index (χ1v) is 8.60. The number of hydrogen-bond acceptors (Lipinski definition) is 6. The summed E-state index contributed by atoms with van der Waals surface area (Å²) in [5.74, 6) is -0.178. The molecule has 3 aromatic rings. The number of nitrogens with two attached hydrogens (primary N) is 1. The van der Waals surface area contributed by atoms with Crippen LogP contribution in [0.5, 0.6) is 11.6 Å². The van der Waals surface area contributed by atoms with Crippen molar-refractivity contribution in [3.05, 3.63) is 88.4 Å². The van der Waals surface area contributed by atoms with Crippen molar-refractivity contribution >= 4 is 17.3 Å². The molecule has 3 N–H and O–H groups in total. The van der Waals surface area contributed by atoms with Crippen LogP contribution in [0, 0.1) is 15.9 Å². The van der Waals surface area contributed by atoms with Crippen molar-refractivity contribution in [2.24, 2.45) is 5.73 Å². The number of nitrogens with one attached hydrogen (secondary N) is 1. The van der Waals surface area contributed by atoms with E-state index in [1.165, 1.54) is 30.3 Å². The third kappa shape index (κ3) is 5.56. The van der Waals surface area contributed by atoms with Crippen molar-refractivity contribution < 1.29 is 18.8 Å². The number of nitrogens with zero attached hydrogens (tertiary/aromatic N) is 2. The lowest BCUT2D eigenvalue weighted by Gasteiger charge is -2.13. The zero-order valence-electron chi connectivity index (χ0n) is 15.1. The summed E-state index contributed by atoms with van der Waals surface area (Å²) in [6.07, 6.45) is 1.39. The van der Waals surface area contributed by atoms with Gasteiger partial charge in [0.25, 0.3) is 5.69 Å². The van der Waals surface area contributed by atoms with E-state index in [0.29, 0.717) is 11.4 Å². The lowest BCUT2D eigenvalue weighted by molar-refractivity contribution is -0.385. The fourth-order valence-electron chi connectivity index (χ4n) is 2.50. The number of aromatic nitrogens is 1. The molecule has 0 aliphatic carbocycles. The van der Waals surface area contributed by atoms with Gasteiger partial charge in [-0.15, -0.1) is 0 Å². The highest BCUT2D eigenvalue weighted by atomic mass is 19.1. The van der Waals surface area contributed by atoms with Crippen LogP contribution < -0.4 is 15.8 Å². The number of hydrogen-bond donors (Lipinski definition) is 2. The molecule has 1 unspecified atom stereocenters. The second kappa shape index (κ2) is 8.89. The molecule has 0 fully saturated rings. The van der Waals surface area contributed by atoms with Crippen molar-refractivity contribution in [2.75, 3.05) is 5.32 Å². The van der Waals surface area contributed by atoms with Gasteiger partial charge in [0.1, 0.15) is 17.8 Å². The van der Waals surface area contributed by atoms with Gasteiger partial charge in [0, 0.05) is 17.8 Å². The average Bonchev–Trinajstić information content (AvgIpc) is 2.70. The van der Waals surface area contributed by atoms with Crippen LogP contribution in [0.15, 0.2) is 66.9 Å². The first-order chi connectivity index (χ1) is 13.9. The SMILES string of the molecule is NC(Cc1ccc(Oc2ccc([N+](=O)[O-])cn2)cc1)C(=O)Nc1cccc(F)c1. The minimum absolute atomic E-state index is 0.127. The Kier molecular flexibility index (Phi) is 6.10. The Hall–Kier alpha value is -3.85. The predicted molar refractivity (Wildman–Crippen MR) is 104 cm³/mol. The zero-order valence-corrected chi connectivity index (χ0v) is 15.1. The van der Waals surface area contributed by atoms with Gasteiger partial charge in [-0.05, 0) is 42.3 Å². The van der Waals surface area contributed by atoms with Crippen LogP contribution in [0.1, 0.15) is 5.56 Å². The molecule has 8 nitrogen and oxygen atoms in total. The Morgan fingerprint density at radius 1 is 1.21 bits per heavy atom. The quantitative estimate of drug-likeness (QED) is 0.466. The summed E-state index contributed by atoms with van der Waals surface area (Å²) in [5.41, 5.74) is 6.95. The Bertz CT molecular complexity index is 1010. The lowest BCUT2D eigenvalue weighted by atomic mass is 10.1. The van der Waals surface area contributed by atoms with Crippen LogP contribution in [0.4, 0.5) is 15.8 Å². The molecular formula is C20H17FN4O4. The maximum atomic E-state index is 13.2. The van der Waals surface area contributed by atoms with E-state index < -0.39 is 22.7 Å². The lowest BCUT2D eigenvalue weighted by Crippen LogP contribution is -2.37. The van der Waals surface area contributed by atoms with Gasteiger partial charge in [-0.3, -0.25) is 14.9 Å². The maximum absolute atomic E-state index is 13.2. The predicted octanol–water partition coefficient (Wildman–Crippen LogP) is 3.43. The summed E-state index contributed by atoms with van der Waals surface area (Å²) in [7, 11) is 0. The molecule has 0 bridgehead atoms. The molecular weight excluding hydrogens is 379 g/mol. The van der Waals surface area contributed by atoms with Gasteiger partial charge in [-0.1, -0.05) is 18.2 Å². The Balaban J connectivity index is 1.56. The number of rotatable bonds is 7. The van der Waals surface area contributed by atoms with E-state index in [9.17, 15) is 19.3 Å². The molecule has 0 saturated carbocycles. The molecule has 3 rings (SSSR count). The summed E-state index contributed by atoms with van der Waals surface area (Å²) in [6, 6.07) is 14.3. The third-order valence-corrected chi connectivity index (χ3v) is 3.96. The average molecular weight is 396 g/mol. The van der Waals surface area contributed by atoms with Gasteiger partial charge in [0.05, 0.1) is 11.0 Å². The van der Waals surface area contributed by atoms with E-state index >= 15 is 0 Å². The van der Waals surface area contributed by atoms with Crippen molar-refractivity contribution in [1.82, 2.24) is 4.98 Å². The van der Waals surface area contributed by atoms with Gasteiger partial charge < -0.3 is 15.8 Å². The summed E-state index contributed by atoms with van der Waals surface area (Å²) in [5, 5.41) is 13.2. The van der Waals surface area contributed by atoms with Crippen molar-refractivity contribution in [1.29, 1.82) is 0 Å².